The lowest BCUT2D eigenvalue weighted by Gasteiger charge is -2.22. The van der Waals surface area contributed by atoms with E-state index in [4.69, 9.17) is 0 Å². The molecule has 2 amide bonds. The molecular formula is C20H27N3O2S. The largest absolute Gasteiger partial charge is 0.352 e. The van der Waals surface area contributed by atoms with Gasteiger partial charge in [-0.25, -0.2) is 0 Å². The molecule has 1 heterocycles. The van der Waals surface area contributed by atoms with E-state index in [2.05, 4.69) is 34.8 Å². The number of carbonyl (C=O) groups excluding carboxylic acids is 2. The quantitative estimate of drug-likeness (QED) is 0.391. The van der Waals surface area contributed by atoms with E-state index in [1.807, 2.05) is 6.92 Å². The third-order valence-electron chi connectivity index (χ3n) is 4.89. The second-order valence-corrected chi connectivity index (χ2v) is 8.15. The molecule has 3 rings (SSSR count). The van der Waals surface area contributed by atoms with Crippen LogP contribution in [-0.4, -0.2) is 24.4 Å². The fourth-order valence-corrected chi connectivity index (χ4v) is 4.48. The van der Waals surface area contributed by atoms with Gasteiger partial charge in [-0.3, -0.25) is 9.59 Å². The van der Waals surface area contributed by atoms with E-state index in [1.54, 1.807) is 11.3 Å². The monoisotopic (exact) mass is 373 g/mol. The molecule has 1 atom stereocenters. The number of nitrogens with one attached hydrogen (secondary N) is 3. The minimum absolute atomic E-state index is 0.0535. The Bertz CT molecular complexity index is 740. The predicted octanol–water partition coefficient (Wildman–Crippen LogP) is 3.05. The van der Waals surface area contributed by atoms with Crippen molar-refractivity contribution in [2.45, 2.75) is 64.8 Å². The molecule has 1 aromatic rings. The number of aryl methyl sites for hydroxylation is 1. The number of rotatable bonds is 7. The number of anilines is 1. The molecule has 2 aliphatic carbocycles. The molecule has 1 unspecified atom stereocenters. The Morgan fingerprint density at radius 1 is 1.27 bits per heavy atom. The number of carbonyl (C=O) groups is 2. The van der Waals surface area contributed by atoms with Gasteiger partial charge in [0.05, 0.1) is 5.56 Å². The van der Waals surface area contributed by atoms with Crippen molar-refractivity contribution < 1.29 is 9.59 Å². The summed E-state index contributed by atoms with van der Waals surface area (Å²) in [5, 5.41) is 10.0. The summed E-state index contributed by atoms with van der Waals surface area (Å²) in [5.41, 5.74) is 1.75. The molecule has 26 heavy (non-hydrogen) atoms. The summed E-state index contributed by atoms with van der Waals surface area (Å²) in [5.74, 6) is 2.98. The smallest absolute Gasteiger partial charge is 0.254 e. The number of hydrogen-bond acceptors (Lipinski definition) is 4. The average molecular weight is 374 g/mol. The molecule has 5 nitrogen and oxygen atoms in total. The Kier molecular flexibility index (Phi) is 6.20. The first-order valence-corrected chi connectivity index (χ1v) is 10.4. The van der Waals surface area contributed by atoms with Crippen molar-refractivity contribution in [2.24, 2.45) is 5.92 Å². The van der Waals surface area contributed by atoms with Crippen molar-refractivity contribution in [3.8, 4) is 12.0 Å². The van der Waals surface area contributed by atoms with Crippen LogP contribution < -0.4 is 16.0 Å². The van der Waals surface area contributed by atoms with Crippen LogP contribution in [0.15, 0.2) is 0 Å². The maximum absolute atomic E-state index is 12.9. The number of unbranched alkanes of at least 4 members (excludes halogenated alkanes) is 1. The summed E-state index contributed by atoms with van der Waals surface area (Å²) in [6.45, 7) is 4.58. The van der Waals surface area contributed by atoms with Crippen LogP contribution in [0.3, 0.4) is 0 Å². The average Bonchev–Trinajstić information content (AvgIpc) is 3.42. The maximum atomic E-state index is 12.9. The molecular weight excluding hydrogens is 346 g/mol. The van der Waals surface area contributed by atoms with Gasteiger partial charge in [-0.1, -0.05) is 19.3 Å². The predicted molar refractivity (Wildman–Crippen MR) is 105 cm³/mol. The number of amides is 2. The van der Waals surface area contributed by atoms with E-state index in [0.717, 1.165) is 55.5 Å². The molecule has 140 valence electrons. The SMILES string of the molecule is CC#CNC1CCc2sc(NC(=O)C3CC3)c(C(=O)NCCCC)c2C1. The van der Waals surface area contributed by atoms with Gasteiger partial charge >= 0.3 is 0 Å². The van der Waals surface area contributed by atoms with E-state index in [0.29, 0.717) is 12.1 Å². The molecule has 0 aromatic carbocycles. The van der Waals surface area contributed by atoms with Gasteiger partial charge in [-0.05, 0) is 51.0 Å². The van der Waals surface area contributed by atoms with Crippen LogP contribution in [0.4, 0.5) is 5.00 Å². The third kappa shape index (κ3) is 4.39. The fourth-order valence-electron chi connectivity index (χ4n) is 3.24. The van der Waals surface area contributed by atoms with Crippen LogP contribution in [-0.2, 0) is 17.6 Å². The highest BCUT2D eigenvalue weighted by Crippen LogP contribution is 2.39. The zero-order valence-electron chi connectivity index (χ0n) is 15.5. The Balaban J connectivity index is 1.83. The van der Waals surface area contributed by atoms with Gasteiger partial charge in [-0.2, -0.15) is 0 Å². The Morgan fingerprint density at radius 2 is 2.08 bits per heavy atom. The molecule has 6 heteroatoms. The van der Waals surface area contributed by atoms with Crippen LogP contribution in [0.1, 0.15) is 66.8 Å². The third-order valence-corrected chi connectivity index (χ3v) is 6.10. The van der Waals surface area contributed by atoms with Gasteiger partial charge in [0, 0.05) is 29.4 Å². The first-order chi connectivity index (χ1) is 12.6. The lowest BCUT2D eigenvalue weighted by Crippen LogP contribution is -2.33. The second kappa shape index (κ2) is 8.59. The Morgan fingerprint density at radius 3 is 2.77 bits per heavy atom. The summed E-state index contributed by atoms with van der Waals surface area (Å²) >= 11 is 1.57. The first-order valence-electron chi connectivity index (χ1n) is 9.54. The van der Waals surface area contributed by atoms with Crippen molar-refractivity contribution in [3.63, 3.8) is 0 Å². The minimum Gasteiger partial charge on any atom is -0.352 e. The molecule has 0 radical (unpaired) electrons. The first kappa shape index (κ1) is 18.8. The summed E-state index contributed by atoms with van der Waals surface area (Å²) in [6.07, 6.45) is 6.59. The van der Waals surface area contributed by atoms with Crippen LogP contribution in [0.2, 0.25) is 0 Å². The van der Waals surface area contributed by atoms with Crippen molar-refractivity contribution in [1.82, 2.24) is 10.6 Å². The topological polar surface area (TPSA) is 70.2 Å². The van der Waals surface area contributed by atoms with E-state index >= 15 is 0 Å². The van der Waals surface area contributed by atoms with Crippen LogP contribution in [0.25, 0.3) is 0 Å². The van der Waals surface area contributed by atoms with E-state index in [9.17, 15) is 9.59 Å². The summed E-state index contributed by atoms with van der Waals surface area (Å²) in [6, 6.07) is 3.18. The molecule has 1 saturated carbocycles. The Labute approximate surface area is 159 Å². The molecule has 0 saturated heterocycles. The highest BCUT2D eigenvalue weighted by molar-refractivity contribution is 7.17. The number of thiophene rings is 1. The summed E-state index contributed by atoms with van der Waals surface area (Å²) < 4.78 is 0. The van der Waals surface area contributed by atoms with Crippen LogP contribution >= 0.6 is 11.3 Å². The van der Waals surface area contributed by atoms with Crippen molar-refractivity contribution in [1.29, 1.82) is 0 Å². The van der Waals surface area contributed by atoms with Crippen LogP contribution in [0, 0.1) is 17.9 Å². The zero-order valence-corrected chi connectivity index (χ0v) is 16.4. The zero-order chi connectivity index (χ0) is 18.5. The molecule has 2 aliphatic rings. The molecule has 0 bridgehead atoms. The lowest BCUT2D eigenvalue weighted by molar-refractivity contribution is -0.117. The van der Waals surface area contributed by atoms with Gasteiger partial charge in [0.15, 0.2) is 0 Å². The van der Waals surface area contributed by atoms with E-state index in [1.165, 1.54) is 4.88 Å². The minimum atomic E-state index is -0.0655. The lowest BCUT2D eigenvalue weighted by atomic mass is 9.91. The van der Waals surface area contributed by atoms with Gasteiger partial charge in [0.1, 0.15) is 5.00 Å². The van der Waals surface area contributed by atoms with E-state index < -0.39 is 0 Å². The highest BCUT2D eigenvalue weighted by atomic mass is 32.1. The standard InChI is InChI=1S/C20H27N3O2S/c1-3-5-11-22-19(25)17-15-12-14(21-10-4-2)8-9-16(15)26-20(17)23-18(24)13-6-7-13/h13-14,21H,3,5-9,11-12H2,1-2H3,(H,22,25)(H,23,24). The van der Waals surface area contributed by atoms with Gasteiger partial charge in [-0.15, -0.1) is 11.3 Å². The molecule has 0 spiro atoms. The fraction of sp³-hybridized carbons (Fsp3) is 0.600. The number of fused-ring (bicyclic) bond motifs is 1. The highest BCUT2D eigenvalue weighted by Gasteiger charge is 2.33. The van der Waals surface area contributed by atoms with Crippen molar-refractivity contribution in [2.75, 3.05) is 11.9 Å². The van der Waals surface area contributed by atoms with Crippen molar-refractivity contribution in [3.05, 3.63) is 16.0 Å². The van der Waals surface area contributed by atoms with Crippen LogP contribution in [0.5, 0.6) is 0 Å². The Hall–Kier alpha value is -2.00. The molecule has 0 aliphatic heterocycles. The van der Waals surface area contributed by atoms with Gasteiger partial charge in [0.2, 0.25) is 5.91 Å². The molecule has 3 N–H and O–H groups in total. The second-order valence-electron chi connectivity index (χ2n) is 7.04. The molecule has 1 aromatic heterocycles. The number of hydrogen-bond donors (Lipinski definition) is 3. The summed E-state index contributed by atoms with van der Waals surface area (Å²) in [7, 11) is 0. The maximum Gasteiger partial charge on any atom is 0.254 e. The van der Waals surface area contributed by atoms with Gasteiger partial charge < -0.3 is 16.0 Å². The summed E-state index contributed by atoms with van der Waals surface area (Å²) in [4.78, 5) is 26.3. The van der Waals surface area contributed by atoms with Gasteiger partial charge in [0.25, 0.3) is 5.91 Å². The van der Waals surface area contributed by atoms with E-state index in [-0.39, 0.29) is 23.8 Å². The van der Waals surface area contributed by atoms with Crippen molar-refractivity contribution >= 4 is 28.2 Å². The molecule has 1 fully saturated rings. The normalized spacial score (nSPS) is 18.3.